The summed E-state index contributed by atoms with van der Waals surface area (Å²) in [6.07, 6.45) is 6.03. The van der Waals surface area contributed by atoms with Gasteiger partial charge in [0.25, 0.3) is 0 Å². The molecule has 0 bridgehead atoms. The third kappa shape index (κ3) is 5.65. The van der Waals surface area contributed by atoms with E-state index in [0.717, 1.165) is 39.2 Å². The van der Waals surface area contributed by atoms with Gasteiger partial charge in [-0.2, -0.15) is 0 Å². The zero-order valence-corrected chi connectivity index (χ0v) is 11.9. The van der Waals surface area contributed by atoms with Gasteiger partial charge in [0, 0.05) is 39.4 Å². The number of ether oxygens (including phenoxy) is 1. The van der Waals surface area contributed by atoms with Crippen LogP contribution < -0.4 is 0 Å². The molecular weight excluding hydrogens is 228 g/mol. The largest absolute Gasteiger partial charge is 0.383 e. The Bertz CT molecular complexity index is 279. The van der Waals surface area contributed by atoms with Crippen molar-refractivity contribution < 1.29 is 9.53 Å². The fourth-order valence-corrected chi connectivity index (χ4v) is 2.17. The number of carbonyl (C=O) groups excluding carboxylic acids is 1. The SMILES string of the molecule is COCCN(C)C/C=C/C(=O)N1CCCC(C)C1. The van der Waals surface area contributed by atoms with Gasteiger partial charge in [0.05, 0.1) is 6.61 Å². The van der Waals surface area contributed by atoms with Crippen molar-refractivity contribution in [2.45, 2.75) is 19.8 Å². The minimum Gasteiger partial charge on any atom is -0.383 e. The van der Waals surface area contributed by atoms with E-state index in [-0.39, 0.29) is 5.91 Å². The van der Waals surface area contributed by atoms with Crippen molar-refractivity contribution in [1.29, 1.82) is 0 Å². The predicted molar refractivity (Wildman–Crippen MR) is 73.5 cm³/mol. The van der Waals surface area contributed by atoms with Gasteiger partial charge < -0.3 is 14.5 Å². The van der Waals surface area contributed by atoms with E-state index in [9.17, 15) is 4.79 Å². The summed E-state index contributed by atoms with van der Waals surface area (Å²) in [5.41, 5.74) is 0. The van der Waals surface area contributed by atoms with E-state index in [1.807, 2.05) is 18.0 Å². The molecule has 1 fully saturated rings. The van der Waals surface area contributed by atoms with Crippen molar-refractivity contribution in [3.05, 3.63) is 12.2 Å². The van der Waals surface area contributed by atoms with Crippen molar-refractivity contribution in [3.8, 4) is 0 Å². The smallest absolute Gasteiger partial charge is 0.246 e. The third-order valence-corrected chi connectivity index (χ3v) is 3.32. The normalized spacial score (nSPS) is 20.9. The molecule has 0 aromatic rings. The Labute approximate surface area is 111 Å². The molecule has 0 aromatic carbocycles. The Morgan fingerprint density at radius 2 is 2.33 bits per heavy atom. The highest BCUT2D eigenvalue weighted by Gasteiger charge is 2.18. The van der Waals surface area contributed by atoms with E-state index in [2.05, 4.69) is 11.8 Å². The summed E-state index contributed by atoms with van der Waals surface area (Å²) in [4.78, 5) is 16.0. The van der Waals surface area contributed by atoms with Crippen LogP contribution in [0.1, 0.15) is 19.8 Å². The van der Waals surface area contributed by atoms with Crippen molar-refractivity contribution in [2.24, 2.45) is 5.92 Å². The Morgan fingerprint density at radius 3 is 3.00 bits per heavy atom. The number of methoxy groups -OCH3 is 1. The van der Waals surface area contributed by atoms with Crippen LogP contribution in [0.2, 0.25) is 0 Å². The summed E-state index contributed by atoms with van der Waals surface area (Å²) in [5, 5.41) is 0. The lowest BCUT2D eigenvalue weighted by molar-refractivity contribution is -0.127. The number of likely N-dealkylation sites (N-methyl/N-ethyl adjacent to an activating group) is 1. The van der Waals surface area contributed by atoms with Gasteiger partial charge in [-0.05, 0) is 25.8 Å². The van der Waals surface area contributed by atoms with Crippen LogP contribution in [0.25, 0.3) is 0 Å². The minimum absolute atomic E-state index is 0.154. The number of likely N-dealkylation sites (tertiary alicyclic amines) is 1. The topological polar surface area (TPSA) is 32.8 Å². The van der Waals surface area contributed by atoms with Gasteiger partial charge in [-0.1, -0.05) is 13.0 Å². The van der Waals surface area contributed by atoms with Crippen LogP contribution in [-0.2, 0) is 9.53 Å². The molecule has 0 saturated carbocycles. The van der Waals surface area contributed by atoms with Crippen LogP contribution in [0.15, 0.2) is 12.2 Å². The number of hydrogen-bond acceptors (Lipinski definition) is 3. The van der Waals surface area contributed by atoms with E-state index in [1.54, 1.807) is 13.2 Å². The van der Waals surface area contributed by atoms with E-state index in [1.165, 1.54) is 6.42 Å². The molecule has 4 nitrogen and oxygen atoms in total. The Hall–Kier alpha value is -0.870. The lowest BCUT2D eigenvalue weighted by Gasteiger charge is -2.30. The van der Waals surface area contributed by atoms with Crippen LogP contribution in [0.3, 0.4) is 0 Å². The first-order chi connectivity index (χ1) is 8.63. The summed E-state index contributed by atoms with van der Waals surface area (Å²) < 4.78 is 5.01. The first-order valence-corrected chi connectivity index (χ1v) is 6.76. The van der Waals surface area contributed by atoms with Gasteiger partial charge in [-0.15, -0.1) is 0 Å². The molecule has 104 valence electrons. The number of carbonyl (C=O) groups is 1. The summed E-state index contributed by atoms with van der Waals surface area (Å²) in [6.45, 7) is 6.42. The molecule has 0 N–H and O–H groups in total. The average molecular weight is 254 g/mol. The summed E-state index contributed by atoms with van der Waals surface area (Å²) >= 11 is 0. The monoisotopic (exact) mass is 254 g/mol. The highest BCUT2D eigenvalue weighted by atomic mass is 16.5. The van der Waals surface area contributed by atoms with Crippen LogP contribution in [0, 0.1) is 5.92 Å². The number of hydrogen-bond donors (Lipinski definition) is 0. The van der Waals surface area contributed by atoms with E-state index >= 15 is 0 Å². The lowest BCUT2D eigenvalue weighted by atomic mass is 10.0. The molecule has 0 aliphatic carbocycles. The highest BCUT2D eigenvalue weighted by molar-refractivity contribution is 5.87. The van der Waals surface area contributed by atoms with E-state index in [0.29, 0.717) is 5.92 Å². The number of amides is 1. The standard InChI is InChI=1S/C14H26N2O2/c1-13-6-4-9-16(12-13)14(17)7-5-8-15(2)10-11-18-3/h5,7,13H,4,6,8-12H2,1-3H3/b7-5+. The van der Waals surface area contributed by atoms with Gasteiger partial charge in [0.1, 0.15) is 0 Å². The maximum Gasteiger partial charge on any atom is 0.246 e. The van der Waals surface area contributed by atoms with Crippen LogP contribution in [-0.4, -0.2) is 62.7 Å². The zero-order valence-electron chi connectivity index (χ0n) is 11.9. The van der Waals surface area contributed by atoms with Crippen LogP contribution in [0.5, 0.6) is 0 Å². The quantitative estimate of drug-likeness (QED) is 0.671. The third-order valence-electron chi connectivity index (χ3n) is 3.32. The molecule has 1 aliphatic rings. The zero-order chi connectivity index (χ0) is 13.4. The molecular formula is C14H26N2O2. The fraction of sp³-hybridized carbons (Fsp3) is 0.786. The van der Waals surface area contributed by atoms with Gasteiger partial charge in [-0.25, -0.2) is 0 Å². The van der Waals surface area contributed by atoms with Gasteiger partial charge in [0.2, 0.25) is 5.91 Å². The predicted octanol–water partition coefficient (Wildman–Crippen LogP) is 1.38. The van der Waals surface area contributed by atoms with Gasteiger partial charge in [-0.3, -0.25) is 4.79 Å². The molecule has 0 aromatic heterocycles. The van der Waals surface area contributed by atoms with E-state index in [4.69, 9.17) is 4.74 Å². The maximum atomic E-state index is 11.9. The molecule has 0 spiro atoms. The summed E-state index contributed by atoms with van der Waals surface area (Å²) in [5.74, 6) is 0.794. The average Bonchev–Trinajstić information content (AvgIpc) is 2.36. The molecule has 1 aliphatic heterocycles. The second kappa shape index (κ2) is 8.27. The highest BCUT2D eigenvalue weighted by Crippen LogP contribution is 2.15. The summed E-state index contributed by atoms with van der Waals surface area (Å²) in [7, 11) is 3.72. The fourth-order valence-electron chi connectivity index (χ4n) is 2.17. The van der Waals surface area contributed by atoms with Crippen molar-refractivity contribution >= 4 is 5.91 Å². The molecule has 1 unspecified atom stereocenters. The molecule has 18 heavy (non-hydrogen) atoms. The van der Waals surface area contributed by atoms with Gasteiger partial charge >= 0.3 is 0 Å². The molecule has 1 atom stereocenters. The molecule has 1 heterocycles. The molecule has 1 amide bonds. The second-order valence-electron chi connectivity index (χ2n) is 5.19. The van der Waals surface area contributed by atoms with Crippen molar-refractivity contribution in [2.75, 3.05) is 46.9 Å². The molecule has 1 rings (SSSR count). The lowest BCUT2D eigenvalue weighted by Crippen LogP contribution is -2.38. The number of nitrogens with zero attached hydrogens (tertiary/aromatic N) is 2. The first-order valence-electron chi connectivity index (χ1n) is 6.76. The maximum absolute atomic E-state index is 11.9. The Kier molecular flexibility index (Phi) is 6.98. The van der Waals surface area contributed by atoms with Crippen molar-refractivity contribution in [3.63, 3.8) is 0 Å². The van der Waals surface area contributed by atoms with Crippen LogP contribution >= 0.6 is 0 Å². The first kappa shape index (κ1) is 15.2. The van der Waals surface area contributed by atoms with Gasteiger partial charge in [0.15, 0.2) is 0 Å². The number of piperidine rings is 1. The van der Waals surface area contributed by atoms with E-state index < -0.39 is 0 Å². The molecule has 1 saturated heterocycles. The minimum atomic E-state index is 0.154. The molecule has 4 heteroatoms. The Balaban J connectivity index is 2.26. The second-order valence-corrected chi connectivity index (χ2v) is 5.19. The van der Waals surface area contributed by atoms with Crippen molar-refractivity contribution in [1.82, 2.24) is 9.80 Å². The Morgan fingerprint density at radius 1 is 1.56 bits per heavy atom. The summed E-state index contributed by atoms with van der Waals surface area (Å²) in [6, 6.07) is 0. The number of rotatable bonds is 6. The van der Waals surface area contributed by atoms with Crippen LogP contribution in [0.4, 0.5) is 0 Å². The molecule has 0 radical (unpaired) electrons.